The molecule has 0 bridgehead atoms. The minimum Gasteiger partial charge on any atom is -0.497 e. The standard InChI is InChI=1S/C41H62N4O6/c1-6-28-22-23-45(37(28)38(46)26(2)3)40(48)35(24-27(4)29-14-9-7-10-15-29)44-41(49)51-36-19-13-17-30(36)16-11-8-12-18-33-39(47)43-34-25-31(50-5)20-21-32(34)42-33/h20-21,25-30,35-37H,6-19,22-24H2,1-5H3,(H,43,47)(H,44,49)/t27?,28-,30-,35?,36?,37+/m1/s1. The summed E-state index contributed by atoms with van der Waals surface area (Å²) in [7, 11) is 1.60. The molecule has 3 aliphatic rings. The van der Waals surface area contributed by atoms with E-state index in [1.165, 1.54) is 19.3 Å². The first-order chi connectivity index (χ1) is 24.6. The van der Waals surface area contributed by atoms with Gasteiger partial charge in [-0.05, 0) is 87.2 Å². The Balaban J connectivity index is 1.16. The number of carbonyl (C=O) groups excluding carboxylic acids is 3. The number of carbonyl (C=O) groups is 3. The maximum absolute atomic E-state index is 14.3. The summed E-state index contributed by atoms with van der Waals surface area (Å²) >= 11 is 0. The van der Waals surface area contributed by atoms with Crippen LogP contribution in [0.3, 0.4) is 0 Å². The SMILES string of the molecule is CC[C@@H]1CCN(C(=O)C(CC(C)C2CCCCC2)NC(=O)OC2CCC[C@H]2CCCCCc2nc3ccc(OC)cc3[nH]c2=O)[C@@H]1C(=O)C(C)C. The molecular formula is C41H62N4O6. The van der Waals surface area contributed by atoms with E-state index < -0.39 is 18.2 Å². The lowest BCUT2D eigenvalue weighted by molar-refractivity contribution is -0.141. The molecule has 3 fully saturated rings. The molecule has 1 aromatic carbocycles. The van der Waals surface area contributed by atoms with Gasteiger partial charge in [0.2, 0.25) is 5.91 Å². The third-order valence-corrected chi connectivity index (χ3v) is 12.1. The fourth-order valence-corrected chi connectivity index (χ4v) is 9.03. The van der Waals surface area contributed by atoms with Gasteiger partial charge in [0.1, 0.15) is 23.6 Å². The van der Waals surface area contributed by atoms with Crippen LogP contribution >= 0.6 is 0 Å². The number of ketones is 1. The maximum Gasteiger partial charge on any atom is 0.408 e. The van der Waals surface area contributed by atoms with Crippen LogP contribution in [-0.4, -0.2) is 64.5 Å². The van der Waals surface area contributed by atoms with Gasteiger partial charge < -0.3 is 24.7 Å². The number of aryl methyl sites for hydroxylation is 1. The molecule has 5 rings (SSSR count). The molecule has 51 heavy (non-hydrogen) atoms. The topological polar surface area (TPSA) is 131 Å². The minimum absolute atomic E-state index is 0.115. The Hall–Kier alpha value is -3.43. The number of rotatable bonds is 16. The molecule has 2 amide bonds. The number of benzene rings is 1. The summed E-state index contributed by atoms with van der Waals surface area (Å²) in [6.45, 7) is 8.68. The average molecular weight is 707 g/mol. The van der Waals surface area contributed by atoms with Gasteiger partial charge in [-0.25, -0.2) is 9.78 Å². The lowest BCUT2D eigenvalue weighted by Crippen LogP contribution is -2.54. The predicted molar refractivity (Wildman–Crippen MR) is 200 cm³/mol. The number of hydrogen-bond acceptors (Lipinski definition) is 7. The smallest absolute Gasteiger partial charge is 0.408 e. The lowest BCUT2D eigenvalue weighted by Gasteiger charge is -2.34. The van der Waals surface area contributed by atoms with Crippen molar-refractivity contribution in [3.8, 4) is 5.75 Å². The summed E-state index contributed by atoms with van der Waals surface area (Å²) < 4.78 is 11.3. The number of aromatic nitrogens is 2. The molecule has 3 unspecified atom stereocenters. The summed E-state index contributed by atoms with van der Waals surface area (Å²) in [5.41, 5.74) is 1.80. The van der Waals surface area contributed by atoms with Gasteiger partial charge in [0.15, 0.2) is 5.78 Å². The second-order valence-electron chi connectivity index (χ2n) is 15.9. The van der Waals surface area contributed by atoms with Crippen LogP contribution in [-0.2, 0) is 20.7 Å². The van der Waals surface area contributed by atoms with Crippen LogP contribution in [0.2, 0.25) is 0 Å². The molecule has 2 heterocycles. The van der Waals surface area contributed by atoms with Crippen LogP contribution in [0, 0.1) is 29.6 Å². The molecule has 1 aromatic heterocycles. The van der Waals surface area contributed by atoms with Crippen molar-refractivity contribution in [1.29, 1.82) is 0 Å². The summed E-state index contributed by atoms with van der Waals surface area (Å²) in [6, 6.07) is 4.35. The van der Waals surface area contributed by atoms with E-state index in [2.05, 4.69) is 29.1 Å². The third kappa shape index (κ3) is 9.92. The monoisotopic (exact) mass is 706 g/mol. The van der Waals surface area contributed by atoms with Crippen molar-refractivity contribution in [2.24, 2.45) is 29.6 Å². The summed E-state index contributed by atoms with van der Waals surface area (Å²) in [5.74, 6) is 1.76. The first-order valence-electron chi connectivity index (χ1n) is 20.0. The van der Waals surface area contributed by atoms with Crippen LogP contribution < -0.4 is 15.6 Å². The molecule has 0 spiro atoms. The Labute approximate surface area is 304 Å². The number of amides is 2. The highest BCUT2D eigenvalue weighted by Gasteiger charge is 2.44. The van der Waals surface area contributed by atoms with E-state index >= 15 is 0 Å². The molecule has 0 radical (unpaired) electrons. The number of aromatic amines is 1. The summed E-state index contributed by atoms with van der Waals surface area (Å²) in [5, 5.41) is 3.04. The number of ether oxygens (including phenoxy) is 2. The van der Waals surface area contributed by atoms with Crippen molar-refractivity contribution >= 4 is 28.8 Å². The Morgan fingerprint density at radius 2 is 1.76 bits per heavy atom. The average Bonchev–Trinajstić information content (AvgIpc) is 3.77. The molecule has 2 saturated carbocycles. The molecule has 10 heteroatoms. The molecular weight excluding hydrogens is 644 g/mol. The van der Waals surface area contributed by atoms with E-state index in [1.807, 2.05) is 26.0 Å². The number of nitrogens with one attached hydrogen (secondary N) is 2. The number of unbranched alkanes of at least 4 members (excludes halogenated alkanes) is 2. The van der Waals surface area contributed by atoms with E-state index in [1.54, 1.807) is 18.1 Å². The van der Waals surface area contributed by atoms with Crippen molar-refractivity contribution < 1.29 is 23.9 Å². The third-order valence-electron chi connectivity index (χ3n) is 12.1. The number of hydrogen-bond donors (Lipinski definition) is 2. The van der Waals surface area contributed by atoms with Crippen LogP contribution in [0.5, 0.6) is 5.75 Å². The van der Waals surface area contributed by atoms with Crippen LogP contribution in [0.4, 0.5) is 4.79 Å². The molecule has 1 saturated heterocycles. The van der Waals surface area contributed by atoms with Crippen LogP contribution in [0.25, 0.3) is 11.0 Å². The zero-order valence-corrected chi connectivity index (χ0v) is 31.7. The number of fused-ring (bicyclic) bond motifs is 1. The molecule has 1 aliphatic heterocycles. The Morgan fingerprint density at radius 1 is 0.980 bits per heavy atom. The largest absolute Gasteiger partial charge is 0.497 e. The number of alkyl carbamates (subject to hydrolysis) is 1. The van der Waals surface area contributed by atoms with E-state index in [0.717, 1.165) is 76.1 Å². The van der Waals surface area contributed by atoms with E-state index in [-0.39, 0.29) is 47.0 Å². The lowest BCUT2D eigenvalue weighted by atomic mass is 9.78. The molecule has 2 aromatic rings. The predicted octanol–water partition coefficient (Wildman–Crippen LogP) is 7.76. The van der Waals surface area contributed by atoms with Crippen LogP contribution in [0.1, 0.15) is 130 Å². The van der Waals surface area contributed by atoms with Crippen molar-refractivity contribution in [2.75, 3.05) is 13.7 Å². The first kappa shape index (κ1) is 38.8. The number of H-pyrrole nitrogens is 1. The zero-order valence-electron chi connectivity index (χ0n) is 31.7. The van der Waals surface area contributed by atoms with Crippen molar-refractivity contribution in [2.45, 2.75) is 149 Å². The maximum atomic E-state index is 14.3. The van der Waals surface area contributed by atoms with Gasteiger partial charge in [0, 0.05) is 18.5 Å². The Kier molecular flexibility index (Phi) is 14.0. The number of nitrogens with zero attached hydrogens (tertiary/aromatic N) is 2. The van der Waals surface area contributed by atoms with Gasteiger partial charge >= 0.3 is 6.09 Å². The highest BCUT2D eigenvalue weighted by Crippen LogP contribution is 2.35. The molecule has 2 N–H and O–H groups in total. The number of likely N-dealkylation sites (tertiary alicyclic amines) is 1. The fraction of sp³-hybridized carbons (Fsp3) is 0.732. The highest BCUT2D eigenvalue weighted by atomic mass is 16.6. The van der Waals surface area contributed by atoms with E-state index in [9.17, 15) is 19.2 Å². The first-order valence-corrected chi connectivity index (χ1v) is 20.0. The van der Waals surface area contributed by atoms with Crippen molar-refractivity contribution in [1.82, 2.24) is 20.2 Å². The number of Topliss-reactive ketones (excluding diaryl/α,β-unsaturated/α-hetero) is 1. The summed E-state index contributed by atoms with van der Waals surface area (Å²) in [6.07, 6.45) is 14.8. The second-order valence-corrected chi connectivity index (χ2v) is 15.9. The molecule has 6 atom stereocenters. The zero-order chi connectivity index (χ0) is 36.5. The number of methoxy groups -OCH3 is 1. The molecule has 2 aliphatic carbocycles. The Morgan fingerprint density at radius 3 is 2.49 bits per heavy atom. The van der Waals surface area contributed by atoms with Gasteiger partial charge in [-0.3, -0.25) is 14.4 Å². The van der Waals surface area contributed by atoms with Gasteiger partial charge in [-0.2, -0.15) is 0 Å². The normalized spacial score (nSPS) is 23.8. The highest BCUT2D eigenvalue weighted by molar-refractivity contribution is 5.93. The quantitative estimate of drug-likeness (QED) is 0.171. The summed E-state index contributed by atoms with van der Waals surface area (Å²) in [4.78, 5) is 63.1. The van der Waals surface area contributed by atoms with Gasteiger partial charge in [0.05, 0.1) is 24.2 Å². The van der Waals surface area contributed by atoms with Crippen LogP contribution in [0.15, 0.2) is 23.0 Å². The van der Waals surface area contributed by atoms with Gasteiger partial charge in [-0.15, -0.1) is 0 Å². The molecule has 10 nitrogen and oxygen atoms in total. The second kappa shape index (κ2) is 18.4. The van der Waals surface area contributed by atoms with E-state index in [4.69, 9.17) is 9.47 Å². The van der Waals surface area contributed by atoms with Crippen molar-refractivity contribution in [3.63, 3.8) is 0 Å². The van der Waals surface area contributed by atoms with Gasteiger partial charge in [0.25, 0.3) is 5.56 Å². The van der Waals surface area contributed by atoms with E-state index in [0.29, 0.717) is 42.3 Å². The minimum atomic E-state index is -0.707. The van der Waals surface area contributed by atoms with Crippen molar-refractivity contribution in [3.05, 3.63) is 34.2 Å². The fourth-order valence-electron chi connectivity index (χ4n) is 9.03. The Bertz CT molecular complexity index is 1530. The van der Waals surface area contributed by atoms with Gasteiger partial charge in [-0.1, -0.05) is 79.1 Å². The molecule has 282 valence electrons.